The van der Waals surface area contributed by atoms with Crippen LogP contribution < -0.4 is 0 Å². The average molecular weight is 370 g/mol. The smallest absolute Gasteiger partial charge is 0.191 e. The van der Waals surface area contributed by atoms with Crippen LogP contribution in [0.25, 0.3) is 11.4 Å². The van der Waals surface area contributed by atoms with Gasteiger partial charge in [0.2, 0.25) is 0 Å². The Hall–Kier alpha value is -2.54. The Kier molecular flexibility index (Phi) is 6.12. The molecule has 0 amide bonds. The van der Waals surface area contributed by atoms with Gasteiger partial charge in [0.1, 0.15) is 5.82 Å². The Balaban J connectivity index is 1.77. The number of Topliss-reactive ketones (excluding diaryl/α,β-unsaturated/α-hetero) is 1. The number of carbonyl (C=O) groups is 1. The van der Waals surface area contributed by atoms with Gasteiger partial charge in [-0.05, 0) is 42.8 Å². The first-order valence-electron chi connectivity index (χ1n) is 8.44. The van der Waals surface area contributed by atoms with Crippen LogP contribution in [0.1, 0.15) is 30.1 Å². The fourth-order valence-corrected chi connectivity index (χ4v) is 3.34. The number of pyridine rings is 1. The van der Waals surface area contributed by atoms with Crippen LogP contribution in [-0.2, 0) is 6.54 Å². The molecule has 0 fully saturated rings. The molecule has 26 heavy (non-hydrogen) atoms. The summed E-state index contributed by atoms with van der Waals surface area (Å²) in [5.41, 5.74) is 1.44. The van der Waals surface area contributed by atoms with E-state index in [1.165, 1.54) is 36.0 Å². The highest BCUT2D eigenvalue weighted by molar-refractivity contribution is 7.99. The average Bonchev–Trinajstić information content (AvgIpc) is 3.08. The third-order valence-corrected chi connectivity index (χ3v) is 4.86. The van der Waals surface area contributed by atoms with Gasteiger partial charge in [-0.2, -0.15) is 0 Å². The van der Waals surface area contributed by atoms with Crippen LogP contribution in [0, 0.1) is 5.82 Å². The van der Waals surface area contributed by atoms with Gasteiger partial charge in [0.05, 0.1) is 5.75 Å². The summed E-state index contributed by atoms with van der Waals surface area (Å²) in [4.78, 5) is 16.4. The Labute approximate surface area is 155 Å². The topological polar surface area (TPSA) is 60.7 Å². The highest BCUT2D eigenvalue weighted by atomic mass is 32.2. The van der Waals surface area contributed by atoms with Crippen molar-refractivity contribution in [3.8, 4) is 11.4 Å². The summed E-state index contributed by atoms with van der Waals surface area (Å²) < 4.78 is 15.0. The van der Waals surface area contributed by atoms with Crippen molar-refractivity contribution in [3.05, 3.63) is 60.2 Å². The molecule has 0 aliphatic heterocycles. The number of thioether (sulfide) groups is 1. The number of unbranched alkanes of at least 4 members (excludes halogenated alkanes) is 1. The van der Waals surface area contributed by atoms with Gasteiger partial charge in [0.15, 0.2) is 16.8 Å². The molecule has 0 atom stereocenters. The van der Waals surface area contributed by atoms with Crippen molar-refractivity contribution in [1.29, 1.82) is 0 Å². The van der Waals surface area contributed by atoms with Crippen molar-refractivity contribution < 1.29 is 9.18 Å². The minimum atomic E-state index is -0.351. The van der Waals surface area contributed by atoms with E-state index in [0.717, 1.165) is 30.8 Å². The van der Waals surface area contributed by atoms with Gasteiger partial charge in [-0.1, -0.05) is 25.1 Å². The molecule has 3 aromatic rings. The van der Waals surface area contributed by atoms with Crippen LogP contribution in [-0.4, -0.2) is 31.3 Å². The van der Waals surface area contributed by atoms with E-state index < -0.39 is 0 Å². The molecule has 2 aromatic heterocycles. The molecular weight excluding hydrogens is 351 g/mol. The summed E-state index contributed by atoms with van der Waals surface area (Å²) in [6, 6.07) is 9.38. The molecule has 1 aromatic carbocycles. The van der Waals surface area contributed by atoms with E-state index >= 15 is 0 Å². The number of nitrogens with zero attached hydrogens (tertiary/aromatic N) is 4. The summed E-state index contributed by atoms with van der Waals surface area (Å²) in [5, 5.41) is 9.28. The van der Waals surface area contributed by atoms with Crippen LogP contribution >= 0.6 is 11.8 Å². The van der Waals surface area contributed by atoms with Gasteiger partial charge in [0.25, 0.3) is 0 Å². The minimum Gasteiger partial charge on any atom is -0.302 e. The molecule has 0 aliphatic carbocycles. The molecule has 0 saturated carbocycles. The maximum Gasteiger partial charge on any atom is 0.191 e. The molecule has 0 aliphatic rings. The fourth-order valence-electron chi connectivity index (χ4n) is 2.48. The van der Waals surface area contributed by atoms with Crippen LogP contribution in [0.5, 0.6) is 0 Å². The Morgan fingerprint density at radius 2 is 1.85 bits per heavy atom. The van der Waals surface area contributed by atoms with Gasteiger partial charge in [-0.3, -0.25) is 9.78 Å². The lowest BCUT2D eigenvalue weighted by atomic mass is 10.1. The van der Waals surface area contributed by atoms with Crippen LogP contribution in [0.4, 0.5) is 4.39 Å². The number of ketones is 1. The van der Waals surface area contributed by atoms with Crippen molar-refractivity contribution in [2.75, 3.05) is 5.75 Å². The molecule has 0 radical (unpaired) electrons. The number of halogens is 1. The molecule has 7 heteroatoms. The van der Waals surface area contributed by atoms with Crippen LogP contribution in [0.3, 0.4) is 0 Å². The van der Waals surface area contributed by atoms with E-state index in [-0.39, 0.29) is 17.4 Å². The van der Waals surface area contributed by atoms with E-state index in [1.807, 2.05) is 16.7 Å². The first-order chi connectivity index (χ1) is 12.7. The predicted octanol–water partition coefficient (Wildman–Crippen LogP) is 4.25. The van der Waals surface area contributed by atoms with Crippen molar-refractivity contribution in [1.82, 2.24) is 19.7 Å². The third kappa shape index (κ3) is 4.35. The van der Waals surface area contributed by atoms with Gasteiger partial charge in [-0.15, -0.1) is 10.2 Å². The number of carbonyl (C=O) groups excluding carboxylic acids is 1. The Morgan fingerprint density at radius 1 is 1.12 bits per heavy atom. The number of rotatable bonds is 8. The van der Waals surface area contributed by atoms with E-state index in [1.54, 1.807) is 12.4 Å². The molecule has 0 bridgehead atoms. The predicted molar refractivity (Wildman–Crippen MR) is 99.6 cm³/mol. The monoisotopic (exact) mass is 370 g/mol. The number of hydrogen-bond donors (Lipinski definition) is 0. The van der Waals surface area contributed by atoms with Crippen molar-refractivity contribution in [2.45, 2.75) is 31.5 Å². The maximum atomic E-state index is 13.0. The quantitative estimate of drug-likeness (QED) is 0.438. The molecular formula is C19H19FN4OS. The second kappa shape index (κ2) is 8.71. The van der Waals surface area contributed by atoms with E-state index in [2.05, 4.69) is 22.1 Å². The van der Waals surface area contributed by atoms with Crippen molar-refractivity contribution in [2.24, 2.45) is 0 Å². The lowest BCUT2D eigenvalue weighted by Gasteiger charge is -2.09. The minimum absolute atomic E-state index is 0.0643. The number of benzene rings is 1. The molecule has 2 heterocycles. The fraction of sp³-hybridized carbons (Fsp3) is 0.263. The number of hydrogen-bond acceptors (Lipinski definition) is 5. The molecule has 0 saturated heterocycles. The van der Waals surface area contributed by atoms with Crippen LogP contribution in [0.15, 0.2) is 53.9 Å². The first-order valence-corrected chi connectivity index (χ1v) is 9.42. The molecule has 134 valence electrons. The summed E-state index contributed by atoms with van der Waals surface area (Å²) in [5.74, 6) is 0.588. The standard InChI is InChI=1S/C19H19FN4OS/c1-2-3-12-24-18(15-8-10-21-11-9-15)22-23-19(24)26-13-17(25)14-4-6-16(20)7-5-14/h4-11H,2-3,12-13H2,1H3. The second-order valence-electron chi connectivity index (χ2n) is 5.77. The molecule has 0 N–H and O–H groups in total. The van der Waals surface area contributed by atoms with E-state index in [0.29, 0.717) is 10.7 Å². The van der Waals surface area contributed by atoms with Gasteiger partial charge >= 0.3 is 0 Å². The Bertz CT molecular complexity index is 865. The van der Waals surface area contributed by atoms with Gasteiger partial charge in [-0.25, -0.2) is 4.39 Å². The largest absolute Gasteiger partial charge is 0.302 e. The Morgan fingerprint density at radius 3 is 2.54 bits per heavy atom. The summed E-state index contributed by atoms with van der Waals surface area (Å²) in [6.45, 7) is 2.91. The first kappa shape index (κ1) is 18.3. The molecule has 5 nitrogen and oxygen atoms in total. The zero-order chi connectivity index (χ0) is 18.4. The van der Waals surface area contributed by atoms with Crippen molar-refractivity contribution in [3.63, 3.8) is 0 Å². The highest BCUT2D eigenvalue weighted by Gasteiger charge is 2.16. The zero-order valence-corrected chi connectivity index (χ0v) is 15.2. The van der Waals surface area contributed by atoms with E-state index in [4.69, 9.17) is 0 Å². The van der Waals surface area contributed by atoms with E-state index in [9.17, 15) is 9.18 Å². The van der Waals surface area contributed by atoms with Crippen LogP contribution in [0.2, 0.25) is 0 Å². The lowest BCUT2D eigenvalue weighted by Crippen LogP contribution is -2.06. The maximum absolute atomic E-state index is 13.0. The lowest BCUT2D eigenvalue weighted by molar-refractivity contribution is 0.102. The molecule has 0 unspecified atom stereocenters. The molecule has 0 spiro atoms. The van der Waals surface area contributed by atoms with Gasteiger partial charge < -0.3 is 4.57 Å². The molecule has 3 rings (SSSR count). The highest BCUT2D eigenvalue weighted by Crippen LogP contribution is 2.25. The second-order valence-corrected chi connectivity index (χ2v) is 6.71. The van der Waals surface area contributed by atoms with Gasteiger partial charge in [0, 0.05) is 30.1 Å². The SMILES string of the molecule is CCCCn1c(SCC(=O)c2ccc(F)cc2)nnc1-c1ccncc1. The zero-order valence-electron chi connectivity index (χ0n) is 14.4. The number of aromatic nitrogens is 4. The third-order valence-electron chi connectivity index (χ3n) is 3.89. The summed E-state index contributed by atoms with van der Waals surface area (Å²) >= 11 is 1.35. The normalized spacial score (nSPS) is 10.8. The summed E-state index contributed by atoms with van der Waals surface area (Å²) in [6.07, 6.45) is 5.49. The van der Waals surface area contributed by atoms with Crippen molar-refractivity contribution >= 4 is 17.5 Å². The summed E-state index contributed by atoms with van der Waals surface area (Å²) in [7, 11) is 0.